The van der Waals surface area contributed by atoms with Crippen molar-refractivity contribution in [3.05, 3.63) is 35.1 Å². The molecule has 5 atom stereocenters. The zero-order valence-electron chi connectivity index (χ0n) is 14.2. The van der Waals surface area contributed by atoms with Crippen LogP contribution in [0.2, 0.25) is 0 Å². The summed E-state index contributed by atoms with van der Waals surface area (Å²) in [5, 5.41) is 30.5. The molecule has 2 N–H and O–H groups in total. The number of nitriles is 1. The number of piperidine rings is 1. The molecule has 6 nitrogen and oxygen atoms in total. The van der Waals surface area contributed by atoms with Gasteiger partial charge in [-0.1, -0.05) is 6.07 Å². The Morgan fingerprint density at radius 3 is 3.00 bits per heavy atom. The van der Waals surface area contributed by atoms with Gasteiger partial charge >= 0.3 is 0 Å². The number of benzene rings is 1. The Labute approximate surface area is 145 Å². The first-order chi connectivity index (χ1) is 11.9. The molecular weight excluding hydrogens is 320 g/mol. The van der Waals surface area contributed by atoms with Gasteiger partial charge in [-0.3, -0.25) is 0 Å². The minimum Gasteiger partial charge on any atom is -0.509 e. The molecule has 1 spiro atoms. The average Bonchev–Trinajstić information content (AvgIpc) is 2.93. The van der Waals surface area contributed by atoms with E-state index in [1.54, 1.807) is 19.2 Å². The van der Waals surface area contributed by atoms with E-state index >= 15 is 0 Å². The number of aliphatic hydroxyl groups excluding tert-OH is 1. The molecule has 0 saturated carbocycles. The molecule has 0 amide bonds. The highest BCUT2D eigenvalue weighted by molar-refractivity contribution is 5.63. The average molecular weight is 340 g/mol. The number of nitrogens with zero attached hydrogens (tertiary/aromatic N) is 2. The van der Waals surface area contributed by atoms with Crippen molar-refractivity contribution in [2.45, 2.75) is 42.9 Å². The second kappa shape index (κ2) is 4.48. The number of hydrogen-bond acceptors (Lipinski definition) is 6. The monoisotopic (exact) mass is 340 g/mol. The van der Waals surface area contributed by atoms with Crippen molar-refractivity contribution >= 4 is 0 Å². The number of aliphatic hydroxyl groups is 2. The normalized spacial score (nSPS) is 40.6. The van der Waals surface area contributed by atoms with Crippen molar-refractivity contribution in [2.24, 2.45) is 5.92 Å². The number of rotatable bonds is 1. The highest BCUT2D eigenvalue weighted by Gasteiger charge is 2.68. The second-order valence-corrected chi connectivity index (χ2v) is 7.89. The highest BCUT2D eigenvalue weighted by atomic mass is 16.5. The van der Waals surface area contributed by atoms with Gasteiger partial charge in [0.05, 0.1) is 0 Å². The summed E-state index contributed by atoms with van der Waals surface area (Å²) in [5.74, 6) is 0.969. The summed E-state index contributed by atoms with van der Waals surface area (Å²) in [6, 6.07) is 4.02. The van der Waals surface area contributed by atoms with Crippen molar-refractivity contribution in [2.75, 3.05) is 13.6 Å². The van der Waals surface area contributed by atoms with Crippen LogP contribution >= 0.6 is 0 Å². The summed E-state index contributed by atoms with van der Waals surface area (Å²) < 4.78 is 11.4. The molecule has 130 valence electrons. The third-order valence-corrected chi connectivity index (χ3v) is 6.78. The molecule has 6 heteroatoms. The molecule has 0 radical (unpaired) electrons. The Balaban J connectivity index is 1.83. The van der Waals surface area contributed by atoms with Crippen LogP contribution in [0.4, 0.5) is 0 Å². The van der Waals surface area contributed by atoms with E-state index in [0.29, 0.717) is 11.5 Å². The molecule has 2 aliphatic heterocycles. The first-order valence-electron chi connectivity index (χ1n) is 8.64. The summed E-state index contributed by atoms with van der Waals surface area (Å²) in [6.45, 7) is 2.50. The Morgan fingerprint density at radius 2 is 2.24 bits per heavy atom. The minimum absolute atomic E-state index is 0.0302. The summed E-state index contributed by atoms with van der Waals surface area (Å²) in [7, 11) is 2.11. The highest BCUT2D eigenvalue weighted by Crippen LogP contribution is 2.64. The standard InChI is InChI=1S/C19H20N2O4/c1-18(23)14(22)8-11-12-7-10-3-4-13(24-9-20)16-15(10)19(11,17(18)25-16)5-6-21(12)2/h3-4,8,11-12,17,22-23H,5-7H2,1-2H3/t11-,12+,17-,18-,19-/m0/s1. The van der Waals surface area contributed by atoms with Crippen molar-refractivity contribution in [1.82, 2.24) is 4.90 Å². The zero-order valence-corrected chi connectivity index (χ0v) is 14.2. The van der Waals surface area contributed by atoms with Crippen LogP contribution in [0, 0.1) is 17.4 Å². The first-order valence-corrected chi connectivity index (χ1v) is 8.64. The van der Waals surface area contributed by atoms with Gasteiger partial charge in [-0.15, -0.1) is 5.26 Å². The summed E-state index contributed by atoms with van der Waals surface area (Å²) in [5.41, 5.74) is 0.365. The van der Waals surface area contributed by atoms with Crippen molar-refractivity contribution in [3.63, 3.8) is 0 Å². The molecule has 1 fully saturated rings. The fourth-order valence-electron chi connectivity index (χ4n) is 5.65. The third kappa shape index (κ3) is 1.56. The summed E-state index contributed by atoms with van der Waals surface area (Å²) >= 11 is 0. The van der Waals surface area contributed by atoms with Gasteiger partial charge in [-0.2, -0.15) is 0 Å². The molecule has 2 aliphatic carbocycles. The fraction of sp³-hybridized carbons (Fsp3) is 0.526. The van der Waals surface area contributed by atoms with E-state index in [1.165, 1.54) is 5.56 Å². The zero-order chi connectivity index (χ0) is 17.6. The van der Waals surface area contributed by atoms with Crippen LogP contribution in [0.1, 0.15) is 24.5 Å². The van der Waals surface area contributed by atoms with Gasteiger partial charge in [0.25, 0.3) is 6.26 Å². The lowest BCUT2D eigenvalue weighted by molar-refractivity contribution is -0.114. The Bertz CT molecular complexity index is 856. The van der Waals surface area contributed by atoms with E-state index in [4.69, 9.17) is 14.7 Å². The van der Waals surface area contributed by atoms with Gasteiger partial charge in [-0.25, -0.2) is 0 Å². The topological polar surface area (TPSA) is 86.0 Å². The Hall–Kier alpha value is -2.23. The van der Waals surface area contributed by atoms with Gasteiger partial charge < -0.3 is 24.6 Å². The molecular formula is C19H20N2O4. The van der Waals surface area contributed by atoms with E-state index in [0.717, 1.165) is 24.9 Å². The second-order valence-electron chi connectivity index (χ2n) is 7.89. The van der Waals surface area contributed by atoms with Crippen molar-refractivity contribution < 1.29 is 19.7 Å². The van der Waals surface area contributed by atoms with Crippen LogP contribution in [0.5, 0.6) is 11.5 Å². The predicted octanol–water partition coefficient (Wildman–Crippen LogP) is 1.63. The number of likely N-dealkylation sites (tertiary alicyclic amines) is 1. The van der Waals surface area contributed by atoms with Crippen LogP contribution in [0.3, 0.4) is 0 Å². The Morgan fingerprint density at radius 1 is 1.44 bits per heavy atom. The molecule has 25 heavy (non-hydrogen) atoms. The lowest BCUT2D eigenvalue weighted by Gasteiger charge is -2.58. The molecule has 1 saturated heterocycles. The molecule has 0 unspecified atom stereocenters. The van der Waals surface area contributed by atoms with Crippen LogP contribution < -0.4 is 9.47 Å². The van der Waals surface area contributed by atoms with Crippen LogP contribution in [-0.2, 0) is 11.8 Å². The lowest BCUT2D eigenvalue weighted by atomic mass is 9.51. The maximum atomic E-state index is 11.0. The minimum atomic E-state index is -1.48. The summed E-state index contributed by atoms with van der Waals surface area (Å²) in [6.07, 6.45) is 4.63. The van der Waals surface area contributed by atoms with Crippen LogP contribution in [0.25, 0.3) is 0 Å². The fourth-order valence-corrected chi connectivity index (χ4v) is 5.65. The molecule has 1 aromatic carbocycles. The van der Waals surface area contributed by atoms with Gasteiger partial charge in [0.15, 0.2) is 17.1 Å². The smallest absolute Gasteiger partial charge is 0.292 e. The van der Waals surface area contributed by atoms with Gasteiger partial charge in [0.1, 0.15) is 11.9 Å². The van der Waals surface area contributed by atoms with Crippen LogP contribution in [0.15, 0.2) is 24.0 Å². The van der Waals surface area contributed by atoms with E-state index in [2.05, 4.69) is 11.9 Å². The quantitative estimate of drug-likeness (QED) is 0.756. The third-order valence-electron chi connectivity index (χ3n) is 6.78. The molecule has 0 aromatic heterocycles. The van der Waals surface area contributed by atoms with Gasteiger partial charge in [0, 0.05) is 22.9 Å². The van der Waals surface area contributed by atoms with E-state index < -0.39 is 17.1 Å². The first kappa shape index (κ1) is 15.1. The van der Waals surface area contributed by atoms with Crippen LogP contribution in [-0.4, -0.2) is 46.5 Å². The summed E-state index contributed by atoms with van der Waals surface area (Å²) in [4.78, 5) is 2.33. The van der Waals surface area contributed by atoms with Crippen molar-refractivity contribution in [1.29, 1.82) is 5.26 Å². The Kier molecular flexibility index (Phi) is 2.70. The van der Waals surface area contributed by atoms with Crippen molar-refractivity contribution in [3.8, 4) is 17.8 Å². The molecule has 1 aromatic rings. The molecule has 2 heterocycles. The number of hydrogen-bond donors (Lipinski definition) is 2. The molecule has 4 aliphatic rings. The predicted molar refractivity (Wildman–Crippen MR) is 88.3 cm³/mol. The van der Waals surface area contributed by atoms with E-state index in [9.17, 15) is 10.2 Å². The molecule has 2 bridgehead atoms. The maximum absolute atomic E-state index is 11.0. The molecule has 5 rings (SSSR count). The van der Waals surface area contributed by atoms with E-state index in [-0.39, 0.29) is 17.7 Å². The maximum Gasteiger partial charge on any atom is 0.292 e. The lowest BCUT2D eigenvalue weighted by Crippen LogP contribution is -2.68. The number of likely N-dealkylation sites (N-methyl/N-ethyl adjacent to an activating group) is 1. The number of ether oxygens (including phenoxy) is 2. The van der Waals surface area contributed by atoms with E-state index in [1.807, 2.05) is 12.1 Å². The van der Waals surface area contributed by atoms with Gasteiger partial charge in [0.2, 0.25) is 0 Å². The largest absolute Gasteiger partial charge is 0.509 e. The SMILES string of the molecule is CN1CC[C@]23c4c5ccc(OC#N)c4O[C@H]2[C@@](C)(O)C(O)=C[C@H]3[C@H]1C5. The van der Waals surface area contributed by atoms with Gasteiger partial charge in [-0.05, 0) is 51.1 Å².